The Morgan fingerprint density at radius 3 is 1.28 bits per heavy atom. The van der Waals surface area contributed by atoms with E-state index in [1.54, 1.807) is 20.8 Å². The zero-order chi connectivity index (χ0) is 74.1. The highest BCUT2D eigenvalue weighted by atomic mass is 16.4. The van der Waals surface area contributed by atoms with E-state index < -0.39 is 208 Å². The number of carbonyl (C=O) groups excluding carboxylic acids is 13. The van der Waals surface area contributed by atoms with Gasteiger partial charge in [-0.3, -0.25) is 81.5 Å². The lowest BCUT2D eigenvalue weighted by atomic mass is 10.0. The van der Waals surface area contributed by atoms with Crippen molar-refractivity contribution in [1.29, 1.82) is 0 Å². The van der Waals surface area contributed by atoms with E-state index in [0.29, 0.717) is 12.8 Å². The Labute approximate surface area is 570 Å². The molecule has 0 saturated carbocycles. The lowest BCUT2D eigenvalue weighted by molar-refractivity contribution is -0.144. The van der Waals surface area contributed by atoms with Gasteiger partial charge in [-0.2, -0.15) is 0 Å². The van der Waals surface area contributed by atoms with Gasteiger partial charge < -0.3 is 94.2 Å². The first-order valence-electron chi connectivity index (χ1n) is 33.6. The van der Waals surface area contributed by atoms with E-state index in [9.17, 15) is 102 Å². The summed E-state index contributed by atoms with van der Waals surface area (Å²) in [7, 11) is 0. The summed E-state index contributed by atoms with van der Waals surface area (Å²) in [6, 6.07) is -10.0. The minimum atomic E-state index is -1.94. The second-order valence-electron chi connectivity index (χ2n) is 24.2. The molecule has 0 aliphatic heterocycles. The van der Waals surface area contributed by atoms with E-state index in [4.69, 9.17) is 5.11 Å². The number of nitrogens with one attached hydrogen (secondary N) is 12. The molecule has 0 aliphatic rings. The van der Waals surface area contributed by atoms with Gasteiger partial charge in [0.15, 0.2) is 0 Å². The summed E-state index contributed by atoms with van der Waals surface area (Å²) in [5, 5.41) is 74.7. The average molecular weight is 1400 g/mol. The van der Waals surface area contributed by atoms with Crippen LogP contribution in [0.4, 0.5) is 0 Å². The minimum Gasteiger partial charge on any atom is -0.481 e. The molecule has 35 nitrogen and oxygen atoms in total. The summed E-state index contributed by atoms with van der Waals surface area (Å²) in [6.45, 7) is 5.14. The topological polar surface area (TPSA) is 539 Å². The van der Waals surface area contributed by atoms with E-state index in [0.717, 1.165) is 44.4 Å². The number of amides is 13. The number of carboxylic acids is 4. The molecule has 0 radical (unpaired) electrons. The molecular formula is C63H107N13O22. The summed E-state index contributed by atoms with van der Waals surface area (Å²) in [5.74, 6) is -18.2. The van der Waals surface area contributed by atoms with Gasteiger partial charge in [0.05, 0.1) is 45.2 Å². The second-order valence-corrected chi connectivity index (χ2v) is 24.2. The van der Waals surface area contributed by atoms with E-state index >= 15 is 0 Å². The standard InChI is InChI=1S/C63H107N13O22/c1-7-9-10-11-12-13-14-15-16-17-18-19-20-21-22-23-46(78)64-29-28-47(79)72-44(31-39(3)4)60(95)68-33-48(80)65-35-50(82)73-45(32-55(89)90)62(97)70-40(5)58(93)74-43(25-27-54(87)88)61(96)75-57(41(6)77)63(98)69-36-51(83)71-42(24-26-53(85)86)59(94)67-34-49(81)66-37-52(84)76(30-8-2)38-56(91)92/h39-45,57,77H,7-38H2,1-6H3,(H,64,78)(H,65,80)(H,66,81)(H,67,94)(H,68,95)(H,69,98)(H,70,97)(H,71,83)(H,72,79)(H,73,82)(H,74,93)(H,75,96)(H,85,86)(H,87,88)(H,89,90)(H,91,92)/t40-,41-,42-,43-,44-,45-,57-/m0/s1. The Bertz CT molecular complexity index is 2630. The van der Waals surface area contributed by atoms with Gasteiger partial charge in [-0.1, -0.05) is 118 Å². The Morgan fingerprint density at radius 1 is 0.357 bits per heavy atom. The zero-order valence-corrected chi connectivity index (χ0v) is 57.4. The number of aliphatic hydroxyl groups excluding tert-OH is 1. The van der Waals surface area contributed by atoms with Crippen molar-refractivity contribution in [3.8, 4) is 0 Å². The van der Waals surface area contributed by atoms with Gasteiger partial charge in [0.2, 0.25) is 76.8 Å². The molecule has 0 aromatic heterocycles. The minimum absolute atomic E-state index is 0.0414. The molecule has 7 atom stereocenters. The summed E-state index contributed by atoms with van der Waals surface area (Å²) in [5.41, 5.74) is 0. The van der Waals surface area contributed by atoms with Crippen LogP contribution in [-0.2, 0) is 81.5 Å². The van der Waals surface area contributed by atoms with Gasteiger partial charge in [0.1, 0.15) is 42.8 Å². The first-order chi connectivity index (χ1) is 46.3. The van der Waals surface area contributed by atoms with Gasteiger partial charge in [-0.25, -0.2) is 0 Å². The molecule has 556 valence electrons. The van der Waals surface area contributed by atoms with Crippen LogP contribution in [0.15, 0.2) is 0 Å². The molecule has 0 fully saturated rings. The van der Waals surface area contributed by atoms with Crippen molar-refractivity contribution in [3.63, 3.8) is 0 Å². The molecule has 0 aliphatic carbocycles. The third-order valence-corrected chi connectivity index (χ3v) is 14.8. The first kappa shape index (κ1) is 89.0. The van der Waals surface area contributed by atoms with Gasteiger partial charge in [-0.05, 0) is 51.9 Å². The van der Waals surface area contributed by atoms with Gasteiger partial charge in [0, 0.05) is 38.8 Å². The summed E-state index contributed by atoms with van der Waals surface area (Å²) in [6.07, 6.45) is 13.3. The number of nitrogens with zero attached hydrogens (tertiary/aromatic N) is 1. The van der Waals surface area contributed by atoms with E-state index in [2.05, 4.69) is 70.7 Å². The predicted octanol–water partition coefficient (Wildman–Crippen LogP) is -1.78. The molecule has 0 rings (SSSR count). The Kier molecular flexibility index (Phi) is 47.3. The fourth-order valence-electron chi connectivity index (χ4n) is 9.49. The lowest BCUT2D eigenvalue weighted by Crippen LogP contribution is -2.60. The largest absolute Gasteiger partial charge is 0.481 e. The van der Waals surface area contributed by atoms with Gasteiger partial charge in [0.25, 0.3) is 0 Å². The van der Waals surface area contributed by atoms with Crippen LogP contribution < -0.4 is 63.8 Å². The summed E-state index contributed by atoms with van der Waals surface area (Å²) in [4.78, 5) is 215. The SMILES string of the molecule is CCCCCCCCCCCCCCCCCC(=O)NCCC(=O)N[C@@H](CC(C)C)C(=O)NCC(=O)NCC(=O)N[C@@H](CC(=O)O)C(=O)N[C@@H](C)C(=O)N[C@@H](CCC(=O)O)C(=O)N[C@H](C(=O)NCC(=O)N[C@@H](CCC(=O)O)C(=O)NCC(=O)NCC(=O)N(CCC)CC(=O)O)[C@H](C)O. The highest BCUT2D eigenvalue weighted by molar-refractivity contribution is 5.98. The lowest BCUT2D eigenvalue weighted by Gasteiger charge is -2.26. The van der Waals surface area contributed by atoms with Crippen LogP contribution in [-0.4, -0.2) is 226 Å². The molecule has 35 heteroatoms. The quantitative estimate of drug-likeness (QED) is 0.0299. The van der Waals surface area contributed by atoms with Crippen LogP contribution in [0.5, 0.6) is 0 Å². The average Bonchev–Trinajstić information content (AvgIpc) is 0.878. The highest BCUT2D eigenvalue weighted by Crippen LogP contribution is 2.14. The van der Waals surface area contributed by atoms with Gasteiger partial charge in [-0.15, -0.1) is 0 Å². The van der Waals surface area contributed by atoms with Crippen molar-refractivity contribution >= 4 is 101 Å². The third-order valence-electron chi connectivity index (χ3n) is 14.8. The Hall–Kier alpha value is -9.05. The number of aliphatic hydroxyl groups is 1. The van der Waals surface area contributed by atoms with E-state index in [1.165, 1.54) is 70.6 Å². The maximum Gasteiger partial charge on any atom is 0.323 e. The van der Waals surface area contributed by atoms with Crippen LogP contribution in [0.3, 0.4) is 0 Å². The van der Waals surface area contributed by atoms with Crippen molar-refractivity contribution in [2.75, 3.05) is 52.4 Å². The van der Waals surface area contributed by atoms with Crippen molar-refractivity contribution < 1.29 is 107 Å². The normalized spacial score (nSPS) is 13.0. The zero-order valence-electron chi connectivity index (χ0n) is 57.4. The molecule has 0 aromatic carbocycles. The number of carbonyl (C=O) groups is 17. The fourth-order valence-corrected chi connectivity index (χ4v) is 9.49. The van der Waals surface area contributed by atoms with Crippen molar-refractivity contribution in [2.24, 2.45) is 5.92 Å². The number of aliphatic carboxylic acids is 4. The van der Waals surface area contributed by atoms with Crippen molar-refractivity contribution in [2.45, 2.75) is 238 Å². The van der Waals surface area contributed by atoms with Crippen LogP contribution in [0, 0.1) is 5.92 Å². The van der Waals surface area contributed by atoms with Crippen LogP contribution in [0.1, 0.15) is 196 Å². The highest BCUT2D eigenvalue weighted by Gasteiger charge is 2.34. The second kappa shape index (κ2) is 52.1. The van der Waals surface area contributed by atoms with Crippen LogP contribution in [0.2, 0.25) is 0 Å². The monoisotopic (exact) mass is 1400 g/mol. The molecule has 0 aromatic rings. The van der Waals surface area contributed by atoms with Crippen LogP contribution >= 0.6 is 0 Å². The molecular weight excluding hydrogens is 1290 g/mol. The molecule has 0 unspecified atom stereocenters. The third kappa shape index (κ3) is 44.6. The maximum absolute atomic E-state index is 13.6. The number of rotatable bonds is 56. The molecule has 98 heavy (non-hydrogen) atoms. The molecule has 0 heterocycles. The number of unbranched alkanes of at least 4 members (excludes halogenated alkanes) is 14. The molecule has 0 saturated heterocycles. The van der Waals surface area contributed by atoms with E-state index in [-0.39, 0.29) is 37.8 Å². The molecule has 13 amide bonds. The Morgan fingerprint density at radius 2 is 0.796 bits per heavy atom. The maximum atomic E-state index is 13.6. The smallest absolute Gasteiger partial charge is 0.323 e. The summed E-state index contributed by atoms with van der Waals surface area (Å²) < 4.78 is 0. The van der Waals surface area contributed by atoms with E-state index in [1.807, 2.05) is 0 Å². The number of carboxylic acid groups (broad SMARTS) is 4. The number of hydrogen-bond acceptors (Lipinski definition) is 18. The number of hydrogen-bond donors (Lipinski definition) is 17. The molecule has 0 bridgehead atoms. The predicted molar refractivity (Wildman–Crippen MR) is 351 cm³/mol. The molecule has 0 spiro atoms. The van der Waals surface area contributed by atoms with Crippen LogP contribution in [0.25, 0.3) is 0 Å². The first-order valence-corrected chi connectivity index (χ1v) is 33.6. The molecule has 17 N–H and O–H groups in total. The fraction of sp³-hybridized carbons (Fsp3) is 0.730. The van der Waals surface area contributed by atoms with Gasteiger partial charge >= 0.3 is 23.9 Å². The Balaban J connectivity index is 5.41. The van der Waals surface area contributed by atoms with Crippen molar-refractivity contribution in [1.82, 2.24) is 68.7 Å². The van der Waals surface area contributed by atoms with Crippen molar-refractivity contribution in [3.05, 3.63) is 0 Å². The summed E-state index contributed by atoms with van der Waals surface area (Å²) >= 11 is 0.